The maximum atomic E-state index is 9.54. The van der Waals surface area contributed by atoms with Gasteiger partial charge < -0.3 is 9.63 Å². The Labute approximate surface area is 129 Å². The second kappa shape index (κ2) is 6.62. The van der Waals surface area contributed by atoms with E-state index in [1.165, 1.54) is 10.5 Å². The van der Waals surface area contributed by atoms with E-state index in [9.17, 15) is 5.11 Å². The zero-order chi connectivity index (χ0) is 14.7. The Morgan fingerprint density at radius 3 is 2.62 bits per heavy atom. The summed E-state index contributed by atoms with van der Waals surface area (Å²) in [5.74, 6) is 2.53. The van der Waals surface area contributed by atoms with Crippen molar-refractivity contribution in [2.24, 2.45) is 0 Å². The van der Waals surface area contributed by atoms with Crippen LogP contribution in [0.5, 0.6) is 0 Å². The van der Waals surface area contributed by atoms with Gasteiger partial charge in [-0.05, 0) is 44.7 Å². The Morgan fingerprint density at radius 1 is 1.19 bits per heavy atom. The lowest BCUT2D eigenvalue weighted by Crippen LogP contribution is -2.17. The summed E-state index contributed by atoms with van der Waals surface area (Å²) in [7, 11) is 0. The van der Waals surface area contributed by atoms with E-state index in [1.54, 1.807) is 11.8 Å². The standard InChI is InChI=1S/C16H20N2O2S/c1-11-2-8-14(9-3-11)21-10-15-17-16(20-18-15)12-4-6-13(19)7-5-12/h2-3,8-9,12-13,19H,4-7,10H2,1H3. The van der Waals surface area contributed by atoms with Crippen molar-refractivity contribution in [1.82, 2.24) is 10.1 Å². The summed E-state index contributed by atoms with van der Waals surface area (Å²) in [6.45, 7) is 2.08. The number of thioether (sulfide) groups is 1. The highest BCUT2D eigenvalue weighted by atomic mass is 32.2. The second-order valence-corrected chi connectivity index (χ2v) is 6.70. The van der Waals surface area contributed by atoms with E-state index in [0.717, 1.165) is 43.2 Å². The molecule has 0 radical (unpaired) electrons. The van der Waals surface area contributed by atoms with Crippen LogP contribution in [0.3, 0.4) is 0 Å². The predicted octanol–water partition coefficient (Wildman–Crippen LogP) is 3.69. The van der Waals surface area contributed by atoms with Crippen LogP contribution in [0.4, 0.5) is 0 Å². The summed E-state index contributed by atoms with van der Waals surface area (Å²) in [5, 5.41) is 13.6. The molecule has 1 N–H and O–H groups in total. The Kier molecular flexibility index (Phi) is 4.60. The Hall–Kier alpha value is -1.33. The molecular weight excluding hydrogens is 284 g/mol. The topological polar surface area (TPSA) is 59.2 Å². The first kappa shape index (κ1) is 14.6. The summed E-state index contributed by atoms with van der Waals surface area (Å²) in [6, 6.07) is 8.45. The van der Waals surface area contributed by atoms with Crippen LogP contribution in [0.15, 0.2) is 33.7 Å². The highest BCUT2D eigenvalue weighted by Crippen LogP contribution is 2.32. The molecule has 1 heterocycles. The van der Waals surface area contributed by atoms with Crippen molar-refractivity contribution in [2.75, 3.05) is 0 Å². The molecule has 0 spiro atoms. The van der Waals surface area contributed by atoms with Gasteiger partial charge in [-0.3, -0.25) is 0 Å². The summed E-state index contributed by atoms with van der Waals surface area (Å²) in [4.78, 5) is 5.73. The van der Waals surface area contributed by atoms with Gasteiger partial charge in [0.2, 0.25) is 5.89 Å². The van der Waals surface area contributed by atoms with Gasteiger partial charge in [0.25, 0.3) is 0 Å². The lowest BCUT2D eigenvalue weighted by atomic mass is 9.87. The maximum absolute atomic E-state index is 9.54. The lowest BCUT2D eigenvalue weighted by Gasteiger charge is -2.22. The van der Waals surface area contributed by atoms with Crippen LogP contribution in [-0.2, 0) is 5.75 Å². The molecule has 2 aromatic rings. The molecule has 112 valence electrons. The molecule has 0 amide bonds. The number of benzene rings is 1. The maximum Gasteiger partial charge on any atom is 0.229 e. The molecule has 0 bridgehead atoms. The number of rotatable bonds is 4. The molecule has 0 unspecified atom stereocenters. The van der Waals surface area contributed by atoms with Gasteiger partial charge in [-0.2, -0.15) is 4.98 Å². The molecule has 1 aromatic heterocycles. The first-order chi connectivity index (χ1) is 10.2. The van der Waals surface area contributed by atoms with Crippen LogP contribution < -0.4 is 0 Å². The second-order valence-electron chi connectivity index (χ2n) is 5.66. The molecule has 1 fully saturated rings. The number of aliphatic hydroxyl groups is 1. The molecule has 0 atom stereocenters. The summed E-state index contributed by atoms with van der Waals surface area (Å²) < 4.78 is 5.39. The summed E-state index contributed by atoms with van der Waals surface area (Å²) in [6.07, 6.45) is 3.39. The average Bonchev–Trinajstić information content (AvgIpc) is 2.96. The molecule has 1 aliphatic carbocycles. The number of nitrogens with zero attached hydrogens (tertiary/aromatic N) is 2. The minimum Gasteiger partial charge on any atom is -0.393 e. The number of aliphatic hydroxyl groups excluding tert-OH is 1. The Morgan fingerprint density at radius 2 is 1.90 bits per heavy atom. The van der Waals surface area contributed by atoms with E-state index >= 15 is 0 Å². The van der Waals surface area contributed by atoms with Crippen LogP contribution in [0.2, 0.25) is 0 Å². The van der Waals surface area contributed by atoms with Crippen molar-refractivity contribution in [3.05, 3.63) is 41.5 Å². The smallest absolute Gasteiger partial charge is 0.229 e. The molecule has 3 rings (SSSR count). The lowest BCUT2D eigenvalue weighted by molar-refractivity contribution is 0.116. The van der Waals surface area contributed by atoms with Crippen molar-refractivity contribution in [3.8, 4) is 0 Å². The molecule has 1 aliphatic rings. The van der Waals surface area contributed by atoms with E-state index in [4.69, 9.17) is 4.52 Å². The Balaban J connectivity index is 1.56. The normalized spacial score (nSPS) is 22.4. The van der Waals surface area contributed by atoms with Crippen molar-refractivity contribution >= 4 is 11.8 Å². The molecule has 21 heavy (non-hydrogen) atoms. The summed E-state index contributed by atoms with van der Waals surface area (Å²) >= 11 is 1.72. The van der Waals surface area contributed by atoms with Gasteiger partial charge in [-0.15, -0.1) is 11.8 Å². The number of hydrogen-bond acceptors (Lipinski definition) is 5. The minimum absolute atomic E-state index is 0.152. The zero-order valence-electron chi connectivity index (χ0n) is 12.2. The molecular formula is C16H20N2O2S. The van der Waals surface area contributed by atoms with Gasteiger partial charge in [0.1, 0.15) is 0 Å². The minimum atomic E-state index is -0.152. The van der Waals surface area contributed by atoms with E-state index in [2.05, 4.69) is 41.3 Å². The highest BCUT2D eigenvalue weighted by molar-refractivity contribution is 7.98. The highest BCUT2D eigenvalue weighted by Gasteiger charge is 2.25. The fraction of sp³-hybridized carbons (Fsp3) is 0.500. The molecule has 0 aliphatic heterocycles. The van der Waals surface area contributed by atoms with E-state index in [1.807, 2.05) is 0 Å². The largest absolute Gasteiger partial charge is 0.393 e. The van der Waals surface area contributed by atoms with Gasteiger partial charge in [0.05, 0.1) is 11.9 Å². The Bertz CT molecular complexity index is 574. The van der Waals surface area contributed by atoms with Crippen LogP contribution in [-0.4, -0.2) is 21.4 Å². The van der Waals surface area contributed by atoms with Gasteiger partial charge >= 0.3 is 0 Å². The quantitative estimate of drug-likeness (QED) is 0.873. The number of aryl methyl sites for hydroxylation is 1. The first-order valence-corrected chi connectivity index (χ1v) is 8.39. The third kappa shape index (κ3) is 3.86. The van der Waals surface area contributed by atoms with Crippen LogP contribution >= 0.6 is 11.8 Å². The van der Waals surface area contributed by atoms with Gasteiger partial charge in [0, 0.05) is 10.8 Å². The third-order valence-electron chi connectivity index (χ3n) is 3.92. The fourth-order valence-electron chi connectivity index (χ4n) is 2.60. The van der Waals surface area contributed by atoms with Crippen molar-refractivity contribution in [2.45, 2.75) is 55.3 Å². The SMILES string of the molecule is Cc1ccc(SCc2noc(C3CCC(O)CC3)n2)cc1. The van der Waals surface area contributed by atoms with E-state index in [0.29, 0.717) is 5.92 Å². The fourth-order valence-corrected chi connectivity index (χ4v) is 3.34. The van der Waals surface area contributed by atoms with Gasteiger partial charge in [-0.25, -0.2) is 0 Å². The predicted molar refractivity (Wildman–Crippen MR) is 82.3 cm³/mol. The third-order valence-corrected chi connectivity index (χ3v) is 4.93. The molecule has 4 nitrogen and oxygen atoms in total. The number of aromatic nitrogens is 2. The van der Waals surface area contributed by atoms with E-state index in [-0.39, 0.29) is 6.10 Å². The van der Waals surface area contributed by atoms with Gasteiger partial charge in [-0.1, -0.05) is 22.9 Å². The first-order valence-electron chi connectivity index (χ1n) is 7.41. The van der Waals surface area contributed by atoms with E-state index < -0.39 is 0 Å². The monoisotopic (exact) mass is 304 g/mol. The molecule has 5 heteroatoms. The van der Waals surface area contributed by atoms with Crippen molar-refractivity contribution in [3.63, 3.8) is 0 Å². The molecule has 0 saturated heterocycles. The van der Waals surface area contributed by atoms with Crippen LogP contribution in [0, 0.1) is 6.92 Å². The van der Waals surface area contributed by atoms with Crippen molar-refractivity contribution < 1.29 is 9.63 Å². The van der Waals surface area contributed by atoms with Crippen LogP contribution in [0.25, 0.3) is 0 Å². The zero-order valence-corrected chi connectivity index (χ0v) is 13.0. The molecule has 1 aromatic carbocycles. The van der Waals surface area contributed by atoms with Gasteiger partial charge in [0.15, 0.2) is 5.82 Å². The molecule has 1 saturated carbocycles. The number of hydrogen-bond donors (Lipinski definition) is 1. The summed E-state index contributed by atoms with van der Waals surface area (Å²) in [5.41, 5.74) is 1.26. The van der Waals surface area contributed by atoms with Crippen LogP contribution in [0.1, 0.15) is 48.9 Å². The van der Waals surface area contributed by atoms with Crippen molar-refractivity contribution in [1.29, 1.82) is 0 Å². The average molecular weight is 304 g/mol.